The molecule has 3 aliphatic rings. The van der Waals surface area contributed by atoms with Crippen molar-refractivity contribution < 1.29 is 24.4 Å². The molecule has 1 saturated heterocycles. The number of phenolic OH excluding ortho intramolecular Hbond substituents is 1. The number of ketones is 2. The number of hydrogen-bond acceptors (Lipinski definition) is 5. The zero-order valence-electron chi connectivity index (χ0n) is 21.2. The lowest BCUT2D eigenvalue weighted by molar-refractivity contribution is 0.0599. The van der Waals surface area contributed by atoms with Crippen molar-refractivity contribution in [2.45, 2.75) is 58.4 Å². The van der Waals surface area contributed by atoms with Crippen LogP contribution in [0.15, 0.2) is 63.7 Å². The molecule has 192 valence electrons. The smallest absolute Gasteiger partial charge is 0.455 e. The van der Waals surface area contributed by atoms with Crippen molar-refractivity contribution >= 4 is 40.7 Å². The molecular weight excluding hydrogens is 531 g/mol. The summed E-state index contributed by atoms with van der Waals surface area (Å²) in [7, 11) is -0.973. The number of fused-ring (bicyclic) bond motifs is 4. The lowest BCUT2D eigenvalue weighted by Crippen LogP contribution is -2.50. The Kier molecular flexibility index (Phi) is 7.57. The Hall–Kier alpha value is -2.48. The van der Waals surface area contributed by atoms with Crippen LogP contribution in [-0.4, -0.2) is 34.9 Å². The molecule has 1 fully saturated rings. The van der Waals surface area contributed by atoms with Gasteiger partial charge in [-0.2, -0.15) is 0 Å². The van der Waals surface area contributed by atoms with Crippen LogP contribution in [0.2, 0.25) is 6.32 Å². The zero-order chi connectivity index (χ0) is 26.3. The first kappa shape index (κ1) is 26.1. The van der Waals surface area contributed by atoms with Crippen LogP contribution in [0.5, 0.6) is 5.75 Å². The van der Waals surface area contributed by atoms with Gasteiger partial charge in [-0.15, -0.1) is 0 Å². The summed E-state index contributed by atoms with van der Waals surface area (Å²) in [4.78, 5) is 27.2. The molecule has 0 spiro atoms. The second-order valence-electron chi connectivity index (χ2n) is 10.3. The normalized spacial score (nSPS) is 25.6. The number of carbonyl (C=O) groups excluding carboxylic acids is 2. The van der Waals surface area contributed by atoms with Gasteiger partial charge in [-0.1, -0.05) is 71.3 Å². The number of Topliss-reactive ketones (excluding diaryl/α,β-unsaturated/α-hetero) is 2. The molecule has 0 saturated carbocycles. The van der Waals surface area contributed by atoms with Gasteiger partial charge in [0.1, 0.15) is 5.75 Å². The molecule has 0 bridgehead atoms. The van der Waals surface area contributed by atoms with E-state index in [1.165, 1.54) is 11.1 Å². The Labute approximate surface area is 226 Å². The van der Waals surface area contributed by atoms with Gasteiger partial charge in [-0.25, -0.2) is 0 Å². The fourth-order valence-corrected chi connectivity index (χ4v) is 6.91. The van der Waals surface area contributed by atoms with Crippen LogP contribution in [0.3, 0.4) is 0 Å². The van der Waals surface area contributed by atoms with Gasteiger partial charge in [-0.3, -0.25) is 9.59 Å². The van der Waals surface area contributed by atoms with Gasteiger partial charge >= 0.3 is 7.12 Å². The largest absolute Gasteiger partial charge is 0.507 e. The maximum atomic E-state index is 13.7. The average Bonchev–Trinajstić information content (AvgIpc) is 2.90. The van der Waals surface area contributed by atoms with Gasteiger partial charge in [0.15, 0.2) is 11.6 Å². The third-order valence-corrected chi connectivity index (χ3v) is 8.81. The number of carbonyl (C=O) groups is 2. The summed E-state index contributed by atoms with van der Waals surface area (Å²) in [6, 6.07) is 12.5. The van der Waals surface area contributed by atoms with Crippen molar-refractivity contribution in [2.24, 2.45) is 17.8 Å². The lowest BCUT2D eigenvalue weighted by atomic mass is 9.54. The van der Waals surface area contributed by atoms with Crippen LogP contribution in [0.1, 0.15) is 72.2 Å². The minimum Gasteiger partial charge on any atom is -0.507 e. The Morgan fingerprint density at radius 2 is 1.84 bits per heavy atom. The fraction of sp³-hybridized carbons (Fsp3) is 0.400. The van der Waals surface area contributed by atoms with Crippen LogP contribution in [0, 0.1) is 17.8 Å². The molecule has 4 atom stereocenters. The third-order valence-electron chi connectivity index (χ3n) is 8.32. The van der Waals surface area contributed by atoms with Gasteiger partial charge in [0.05, 0.1) is 6.10 Å². The highest BCUT2D eigenvalue weighted by Crippen LogP contribution is 2.51. The fourth-order valence-electron chi connectivity index (χ4n) is 6.54. The highest BCUT2D eigenvalue weighted by Gasteiger charge is 2.53. The molecule has 2 aromatic rings. The van der Waals surface area contributed by atoms with Crippen LogP contribution in [-0.2, 0) is 4.65 Å². The van der Waals surface area contributed by atoms with Gasteiger partial charge in [0.2, 0.25) is 0 Å². The van der Waals surface area contributed by atoms with E-state index in [0.717, 1.165) is 34.9 Å². The van der Waals surface area contributed by atoms with E-state index < -0.39 is 13.0 Å². The van der Waals surface area contributed by atoms with Crippen molar-refractivity contribution in [1.82, 2.24) is 0 Å². The summed E-state index contributed by atoms with van der Waals surface area (Å²) in [5.41, 5.74) is 5.28. The Morgan fingerprint density at radius 3 is 2.54 bits per heavy atom. The number of halogens is 1. The van der Waals surface area contributed by atoms with Crippen LogP contribution < -0.4 is 0 Å². The van der Waals surface area contributed by atoms with E-state index in [-0.39, 0.29) is 35.3 Å². The quantitative estimate of drug-likeness (QED) is 0.304. The summed E-state index contributed by atoms with van der Waals surface area (Å²) >= 11 is 3.47. The van der Waals surface area contributed by atoms with Gasteiger partial charge < -0.3 is 14.8 Å². The summed E-state index contributed by atoms with van der Waals surface area (Å²) in [5, 5.41) is 21.0. The first-order chi connectivity index (χ1) is 17.8. The zero-order valence-corrected chi connectivity index (χ0v) is 22.8. The van der Waals surface area contributed by atoms with Crippen LogP contribution in [0.25, 0.3) is 6.08 Å². The summed E-state index contributed by atoms with van der Waals surface area (Å²) < 4.78 is 7.00. The van der Waals surface area contributed by atoms with Gasteiger partial charge in [-0.05, 0) is 68.1 Å². The summed E-state index contributed by atoms with van der Waals surface area (Å²) in [6.45, 7) is 4.18. The molecule has 0 unspecified atom stereocenters. The number of phenols is 1. The van der Waals surface area contributed by atoms with Gasteiger partial charge in [0, 0.05) is 33.0 Å². The minimum absolute atomic E-state index is 0.0185. The van der Waals surface area contributed by atoms with E-state index in [4.69, 9.17) is 4.65 Å². The molecule has 2 aromatic carbocycles. The first-order valence-electron chi connectivity index (χ1n) is 13.2. The topological polar surface area (TPSA) is 83.8 Å². The Bertz CT molecular complexity index is 1300. The maximum absolute atomic E-state index is 13.7. The predicted octanol–water partition coefficient (Wildman–Crippen LogP) is 6.65. The van der Waals surface area contributed by atoms with E-state index in [1.54, 1.807) is 24.3 Å². The molecule has 0 aromatic heterocycles. The molecule has 37 heavy (non-hydrogen) atoms. The lowest BCUT2D eigenvalue weighted by Gasteiger charge is -2.47. The van der Waals surface area contributed by atoms with Crippen molar-refractivity contribution in [1.29, 1.82) is 0 Å². The highest BCUT2D eigenvalue weighted by atomic mass is 79.9. The standard InChI is InChI=1S/C30H32BBrO5/c1-3-17(13-19-14-20(32)10-11-25(19)33)9-12-26-27-18(4-2)15-23-28(24(27)16-31(36)37-26)30(35)22-8-6-5-7-21(22)29(23)34/h5-8,10-11,13-14,23-24,26,28,33,36H,3-4,9,12,15-16H2,1-2H3/b17-13+/t23-,24+,26-,28-/m1/s1. The summed E-state index contributed by atoms with van der Waals surface area (Å²) in [6.07, 6.45) is 5.62. The Balaban J connectivity index is 1.46. The molecule has 7 heteroatoms. The SMILES string of the molecule is CCC1=C2[C@@H](CC/C(=C/c3cc(Br)ccc3O)CC)OB(O)C[C@@H]2[C@@H]2C(=O)c3ccccc3C(=O)[C@@H]2C1. The second-order valence-corrected chi connectivity index (χ2v) is 11.3. The van der Waals surface area contributed by atoms with Crippen molar-refractivity contribution in [3.05, 3.63) is 80.3 Å². The predicted molar refractivity (Wildman–Crippen MR) is 148 cm³/mol. The molecular formula is C30H32BBrO5. The molecule has 5 rings (SSSR count). The molecule has 2 N–H and O–H groups in total. The van der Waals surface area contributed by atoms with E-state index in [2.05, 4.69) is 29.8 Å². The first-order valence-corrected chi connectivity index (χ1v) is 14.0. The van der Waals surface area contributed by atoms with Crippen LogP contribution in [0.4, 0.5) is 0 Å². The average molecular weight is 563 g/mol. The van der Waals surface area contributed by atoms with E-state index >= 15 is 0 Å². The van der Waals surface area contributed by atoms with E-state index in [0.29, 0.717) is 30.3 Å². The molecule has 0 radical (unpaired) electrons. The number of hydrogen-bond donors (Lipinski definition) is 2. The second kappa shape index (κ2) is 10.7. The molecule has 1 aliphatic heterocycles. The van der Waals surface area contributed by atoms with Crippen LogP contribution >= 0.6 is 15.9 Å². The van der Waals surface area contributed by atoms with E-state index in [9.17, 15) is 19.7 Å². The number of benzene rings is 2. The highest BCUT2D eigenvalue weighted by molar-refractivity contribution is 9.10. The molecule has 5 nitrogen and oxygen atoms in total. The minimum atomic E-state index is -0.973. The monoisotopic (exact) mass is 562 g/mol. The molecule has 2 aliphatic carbocycles. The van der Waals surface area contributed by atoms with Crippen molar-refractivity contribution in [3.63, 3.8) is 0 Å². The van der Waals surface area contributed by atoms with Gasteiger partial charge in [0.25, 0.3) is 0 Å². The molecule has 1 heterocycles. The third kappa shape index (κ3) is 4.89. The summed E-state index contributed by atoms with van der Waals surface area (Å²) in [5.74, 6) is -0.724. The Morgan fingerprint density at radius 1 is 1.11 bits per heavy atom. The number of allylic oxidation sites excluding steroid dienone is 2. The van der Waals surface area contributed by atoms with Crippen molar-refractivity contribution in [2.75, 3.05) is 0 Å². The molecule has 0 amide bonds. The number of aromatic hydroxyl groups is 1. The van der Waals surface area contributed by atoms with Crippen molar-refractivity contribution in [3.8, 4) is 5.75 Å². The van der Waals surface area contributed by atoms with E-state index in [1.807, 2.05) is 24.3 Å². The maximum Gasteiger partial charge on any atom is 0.455 e. The number of rotatable bonds is 6.